The number of benzene rings is 1. The Bertz CT molecular complexity index is 381. The third-order valence-corrected chi connectivity index (χ3v) is 3.62. The normalized spacial score (nSPS) is 23.7. The van der Waals surface area contributed by atoms with Gasteiger partial charge < -0.3 is 10.1 Å². The number of fused-ring (bicyclic) bond motifs is 1. The van der Waals surface area contributed by atoms with Gasteiger partial charge in [0.2, 0.25) is 0 Å². The number of ether oxygens (including phenoxy) is 1. The first-order valence-corrected chi connectivity index (χ1v) is 6.61. The third-order valence-electron chi connectivity index (χ3n) is 2.57. The lowest BCUT2D eigenvalue weighted by Crippen LogP contribution is -2.28. The number of nitrogens with one attached hydrogen (secondary N) is 1. The Hall–Kier alpha value is -0.0600. The Morgan fingerprint density at radius 1 is 1.40 bits per heavy atom. The minimum absolute atomic E-state index is 0.186. The van der Waals surface area contributed by atoms with Gasteiger partial charge in [0.25, 0.3) is 0 Å². The van der Waals surface area contributed by atoms with Crippen LogP contribution in [0.3, 0.4) is 0 Å². The third kappa shape index (κ3) is 2.08. The van der Waals surface area contributed by atoms with Crippen molar-refractivity contribution in [1.29, 1.82) is 0 Å². The molecule has 0 saturated heterocycles. The van der Waals surface area contributed by atoms with Crippen molar-refractivity contribution in [3.05, 3.63) is 26.6 Å². The van der Waals surface area contributed by atoms with Crippen LogP contribution in [0.4, 0.5) is 0 Å². The Morgan fingerprint density at radius 3 is 2.80 bits per heavy atom. The second kappa shape index (κ2) is 4.44. The summed E-state index contributed by atoms with van der Waals surface area (Å²) in [5.74, 6) is 0.969. The lowest BCUT2D eigenvalue weighted by atomic mass is 10.0. The van der Waals surface area contributed by atoms with Crippen molar-refractivity contribution in [2.24, 2.45) is 0 Å². The summed E-state index contributed by atoms with van der Waals surface area (Å²) in [6.45, 7) is 5.15. The highest BCUT2D eigenvalue weighted by Crippen LogP contribution is 2.43. The summed E-state index contributed by atoms with van der Waals surface area (Å²) < 4.78 is 7.92. The topological polar surface area (TPSA) is 21.3 Å². The molecule has 1 heterocycles. The van der Waals surface area contributed by atoms with E-state index in [1.165, 1.54) is 5.56 Å². The minimum Gasteiger partial charge on any atom is -0.487 e. The van der Waals surface area contributed by atoms with E-state index in [-0.39, 0.29) is 6.10 Å². The molecule has 2 nitrogen and oxygen atoms in total. The van der Waals surface area contributed by atoms with Gasteiger partial charge in [-0.2, -0.15) is 0 Å². The van der Waals surface area contributed by atoms with Gasteiger partial charge in [-0.1, -0.05) is 22.9 Å². The van der Waals surface area contributed by atoms with Crippen LogP contribution in [0.2, 0.25) is 0 Å². The Morgan fingerprint density at radius 2 is 2.13 bits per heavy atom. The quantitative estimate of drug-likeness (QED) is 0.891. The highest BCUT2D eigenvalue weighted by molar-refractivity contribution is 9.11. The zero-order valence-corrected chi connectivity index (χ0v) is 11.9. The van der Waals surface area contributed by atoms with Gasteiger partial charge in [0, 0.05) is 10.0 Å². The van der Waals surface area contributed by atoms with Gasteiger partial charge in [-0.05, 0) is 41.5 Å². The summed E-state index contributed by atoms with van der Waals surface area (Å²) in [7, 11) is 0. The molecule has 0 radical (unpaired) electrons. The second-order valence-electron chi connectivity index (χ2n) is 3.66. The van der Waals surface area contributed by atoms with Gasteiger partial charge in [0.1, 0.15) is 11.9 Å². The van der Waals surface area contributed by atoms with E-state index in [9.17, 15) is 0 Å². The summed E-state index contributed by atoms with van der Waals surface area (Å²) in [6.07, 6.45) is 0.186. The predicted molar refractivity (Wildman–Crippen MR) is 68.3 cm³/mol. The number of halogens is 2. The highest BCUT2D eigenvalue weighted by Gasteiger charge is 2.32. The average Bonchev–Trinajstić information content (AvgIpc) is 2.46. The van der Waals surface area contributed by atoms with Crippen LogP contribution < -0.4 is 10.1 Å². The van der Waals surface area contributed by atoms with E-state index in [4.69, 9.17) is 4.74 Å². The second-order valence-corrected chi connectivity index (χ2v) is 5.43. The van der Waals surface area contributed by atoms with Gasteiger partial charge in [0.05, 0.1) is 10.5 Å². The average molecular weight is 335 g/mol. The van der Waals surface area contributed by atoms with Crippen molar-refractivity contribution in [2.75, 3.05) is 6.54 Å². The smallest absolute Gasteiger partial charge is 0.138 e. The standard InChI is InChI=1S/C11H13Br2NO/c1-3-14-10-6(2)15-11-8(10)4-7(12)5-9(11)13/h4-6,10,14H,3H2,1-2H3. The molecule has 0 aliphatic carbocycles. The van der Waals surface area contributed by atoms with E-state index in [2.05, 4.69) is 57.1 Å². The highest BCUT2D eigenvalue weighted by atomic mass is 79.9. The lowest BCUT2D eigenvalue weighted by Gasteiger charge is -2.15. The van der Waals surface area contributed by atoms with Crippen molar-refractivity contribution in [3.8, 4) is 5.75 Å². The Balaban J connectivity index is 2.43. The van der Waals surface area contributed by atoms with Crippen LogP contribution in [-0.4, -0.2) is 12.6 Å². The van der Waals surface area contributed by atoms with E-state index in [1.807, 2.05) is 6.07 Å². The largest absolute Gasteiger partial charge is 0.487 e. The van der Waals surface area contributed by atoms with E-state index in [0.29, 0.717) is 6.04 Å². The molecule has 0 amide bonds. The molecule has 0 aromatic heterocycles. The zero-order valence-electron chi connectivity index (χ0n) is 8.68. The van der Waals surface area contributed by atoms with Crippen LogP contribution in [0.15, 0.2) is 21.1 Å². The summed E-state index contributed by atoms with van der Waals surface area (Å²) in [6, 6.07) is 4.43. The molecule has 1 aliphatic rings. The monoisotopic (exact) mass is 333 g/mol. The molecule has 2 atom stereocenters. The van der Waals surface area contributed by atoms with Crippen molar-refractivity contribution < 1.29 is 4.74 Å². The SMILES string of the molecule is CCNC1c2cc(Br)cc(Br)c2OC1C. The molecular formula is C11H13Br2NO. The van der Waals surface area contributed by atoms with E-state index >= 15 is 0 Å². The Labute approximate surface area is 107 Å². The van der Waals surface area contributed by atoms with E-state index in [0.717, 1.165) is 21.2 Å². The van der Waals surface area contributed by atoms with Crippen LogP contribution in [0.25, 0.3) is 0 Å². The number of rotatable bonds is 2. The van der Waals surface area contributed by atoms with Crippen LogP contribution in [0.1, 0.15) is 25.5 Å². The van der Waals surface area contributed by atoms with Crippen LogP contribution in [-0.2, 0) is 0 Å². The Kier molecular flexibility index (Phi) is 3.38. The maximum Gasteiger partial charge on any atom is 0.138 e. The maximum atomic E-state index is 5.83. The molecule has 2 unspecified atom stereocenters. The summed E-state index contributed by atoms with van der Waals surface area (Å²) in [5, 5.41) is 3.44. The molecule has 1 aliphatic heterocycles. The van der Waals surface area contributed by atoms with Gasteiger partial charge in [-0.15, -0.1) is 0 Å². The van der Waals surface area contributed by atoms with Crippen LogP contribution >= 0.6 is 31.9 Å². The molecule has 1 aromatic carbocycles. The van der Waals surface area contributed by atoms with Crippen molar-refractivity contribution in [1.82, 2.24) is 5.32 Å². The molecule has 4 heteroatoms. The van der Waals surface area contributed by atoms with Crippen LogP contribution in [0.5, 0.6) is 5.75 Å². The lowest BCUT2D eigenvalue weighted by molar-refractivity contribution is 0.210. The summed E-state index contributed by atoms with van der Waals surface area (Å²) in [4.78, 5) is 0. The molecular weight excluding hydrogens is 322 g/mol. The first-order valence-electron chi connectivity index (χ1n) is 5.02. The first kappa shape index (κ1) is 11.4. The van der Waals surface area contributed by atoms with E-state index < -0.39 is 0 Å². The van der Waals surface area contributed by atoms with Gasteiger partial charge in [-0.3, -0.25) is 0 Å². The predicted octanol–water partition coefficient (Wildman–Crippen LogP) is 3.64. The fourth-order valence-electron chi connectivity index (χ4n) is 1.94. The minimum atomic E-state index is 0.186. The van der Waals surface area contributed by atoms with Crippen LogP contribution in [0, 0.1) is 0 Å². The molecule has 0 fully saturated rings. The number of likely N-dealkylation sites (N-methyl/N-ethyl adjacent to an activating group) is 1. The van der Waals surface area contributed by atoms with Crippen molar-refractivity contribution in [2.45, 2.75) is 26.0 Å². The molecule has 15 heavy (non-hydrogen) atoms. The first-order chi connectivity index (χ1) is 7.13. The zero-order chi connectivity index (χ0) is 11.0. The van der Waals surface area contributed by atoms with Gasteiger partial charge in [0.15, 0.2) is 0 Å². The van der Waals surface area contributed by atoms with E-state index in [1.54, 1.807) is 0 Å². The molecule has 1 aromatic rings. The van der Waals surface area contributed by atoms with Gasteiger partial charge >= 0.3 is 0 Å². The molecule has 82 valence electrons. The molecule has 0 spiro atoms. The summed E-state index contributed by atoms with van der Waals surface area (Å²) >= 11 is 7.02. The summed E-state index contributed by atoms with van der Waals surface area (Å²) in [5.41, 5.74) is 1.23. The fraction of sp³-hybridized carbons (Fsp3) is 0.455. The molecule has 0 saturated carbocycles. The maximum absolute atomic E-state index is 5.83. The molecule has 0 bridgehead atoms. The fourth-order valence-corrected chi connectivity index (χ4v) is 3.29. The number of hydrogen-bond donors (Lipinski definition) is 1. The van der Waals surface area contributed by atoms with Gasteiger partial charge in [-0.25, -0.2) is 0 Å². The van der Waals surface area contributed by atoms with Crippen molar-refractivity contribution in [3.63, 3.8) is 0 Å². The molecule has 1 N–H and O–H groups in total. The number of hydrogen-bond acceptors (Lipinski definition) is 2. The van der Waals surface area contributed by atoms with Crippen molar-refractivity contribution >= 4 is 31.9 Å². The molecule has 2 rings (SSSR count).